The molecule has 2 heterocycles. The van der Waals surface area contributed by atoms with Gasteiger partial charge in [-0.2, -0.15) is 0 Å². The Labute approximate surface area is 94.4 Å². The van der Waals surface area contributed by atoms with E-state index in [2.05, 4.69) is 20.6 Å². The first-order valence-electron chi connectivity index (χ1n) is 5.06. The van der Waals surface area contributed by atoms with Crippen LogP contribution in [0.1, 0.15) is 6.42 Å². The first-order chi connectivity index (χ1) is 7.59. The molecule has 6 nitrogen and oxygen atoms in total. The van der Waals surface area contributed by atoms with E-state index >= 15 is 0 Å². The van der Waals surface area contributed by atoms with Crippen LogP contribution in [0.15, 0.2) is 12.4 Å². The van der Waals surface area contributed by atoms with Crippen LogP contribution in [0, 0.1) is 0 Å². The van der Waals surface area contributed by atoms with Gasteiger partial charge in [-0.3, -0.25) is 0 Å². The zero-order chi connectivity index (χ0) is 11.6. The molecule has 7 heteroatoms. The van der Waals surface area contributed by atoms with Crippen LogP contribution in [0.2, 0.25) is 0 Å². The number of aromatic nitrogens is 2. The maximum absolute atomic E-state index is 11.3. The summed E-state index contributed by atoms with van der Waals surface area (Å²) in [5.41, 5.74) is 0. The van der Waals surface area contributed by atoms with Gasteiger partial charge < -0.3 is 10.6 Å². The highest BCUT2D eigenvalue weighted by atomic mass is 32.2. The van der Waals surface area contributed by atoms with Gasteiger partial charge in [0, 0.05) is 19.2 Å². The fourth-order valence-corrected chi connectivity index (χ4v) is 3.36. The van der Waals surface area contributed by atoms with Gasteiger partial charge in [-0.25, -0.2) is 18.4 Å². The SMILES string of the molecule is CNc1cc(N[C@H]2CCS(=O)(=O)C2)ncn1. The number of hydrogen-bond donors (Lipinski definition) is 2. The quantitative estimate of drug-likeness (QED) is 0.783. The molecule has 1 aliphatic heterocycles. The van der Waals surface area contributed by atoms with Crippen molar-refractivity contribution in [2.75, 3.05) is 29.2 Å². The molecule has 2 N–H and O–H groups in total. The van der Waals surface area contributed by atoms with E-state index in [1.165, 1.54) is 6.33 Å². The molecule has 0 spiro atoms. The minimum Gasteiger partial charge on any atom is -0.373 e. The molecule has 0 radical (unpaired) electrons. The van der Waals surface area contributed by atoms with Gasteiger partial charge in [0.2, 0.25) is 0 Å². The lowest BCUT2D eigenvalue weighted by Crippen LogP contribution is -2.21. The van der Waals surface area contributed by atoms with Crippen LogP contribution in [0.3, 0.4) is 0 Å². The molecule has 1 aromatic rings. The molecule has 0 saturated carbocycles. The molecular weight excluding hydrogens is 228 g/mol. The van der Waals surface area contributed by atoms with Crippen molar-refractivity contribution in [3.63, 3.8) is 0 Å². The van der Waals surface area contributed by atoms with Gasteiger partial charge in [0.25, 0.3) is 0 Å². The molecule has 16 heavy (non-hydrogen) atoms. The van der Waals surface area contributed by atoms with E-state index in [0.717, 1.165) is 0 Å². The van der Waals surface area contributed by atoms with Crippen molar-refractivity contribution < 1.29 is 8.42 Å². The Hall–Kier alpha value is -1.37. The standard InChI is InChI=1S/C9H14N4O2S/c1-10-8-4-9(12-6-11-8)13-7-2-3-16(14,15)5-7/h4,6-7H,2-3,5H2,1H3,(H2,10,11,12,13)/t7-/m0/s1. The molecule has 0 aromatic carbocycles. The largest absolute Gasteiger partial charge is 0.373 e. The summed E-state index contributed by atoms with van der Waals surface area (Å²) in [6.45, 7) is 0. The fourth-order valence-electron chi connectivity index (χ4n) is 1.69. The third-order valence-corrected chi connectivity index (χ3v) is 4.28. The van der Waals surface area contributed by atoms with Crippen molar-refractivity contribution in [3.8, 4) is 0 Å². The van der Waals surface area contributed by atoms with Crippen molar-refractivity contribution in [2.24, 2.45) is 0 Å². The predicted molar refractivity (Wildman–Crippen MR) is 62.3 cm³/mol. The van der Waals surface area contributed by atoms with Crippen molar-refractivity contribution in [3.05, 3.63) is 12.4 Å². The Morgan fingerprint density at radius 1 is 1.38 bits per heavy atom. The van der Waals surface area contributed by atoms with Crippen LogP contribution in [0.5, 0.6) is 0 Å². The topological polar surface area (TPSA) is 84.0 Å². The first kappa shape index (κ1) is 11.1. The first-order valence-corrected chi connectivity index (χ1v) is 6.88. The van der Waals surface area contributed by atoms with Gasteiger partial charge >= 0.3 is 0 Å². The summed E-state index contributed by atoms with van der Waals surface area (Å²) in [7, 11) is -1.08. The molecule has 2 rings (SSSR count). The van der Waals surface area contributed by atoms with Crippen molar-refractivity contribution in [1.29, 1.82) is 0 Å². The Balaban J connectivity index is 2.04. The maximum atomic E-state index is 11.3. The van der Waals surface area contributed by atoms with Crippen LogP contribution < -0.4 is 10.6 Å². The highest BCUT2D eigenvalue weighted by molar-refractivity contribution is 7.91. The van der Waals surface area contributed by atoms with E-state index in [1.807, 2.05) is 0 Å². The minimum absolute atomic E-state index is 0.0374. The summed E-state index contributed by atoms with van der Waals surface area (Å²) in [5, 5.41) is 6.00. The zero-order valence-electron chi connectivity index (χ0n) is 8.97. The molecule has 1 atom stereocenters. The predicted octanol–water partition coefficient (Wildman–Crippen LogP) is 0.117. The molecule has 0 unspecified atom stereocenters. The second kappa shape index (κ2) is 4.25. The summed E-state index contributed by atoms with van der Waals surface area (Å²) in [5.74, 6) is 1.81. The van der Waals surface area contributed by atoms with Crippen molar-refractivity contribution >= 4 is 21.5 Å². The van der Waals surface area contributed by atoms with Gasteiger partial charge in [0.05, 0.1) is 11.5 Å². The number of sulfone groups is 1. The normalized spacial score (nSPS) is 22.9. The van der Waals surface area contributed by atoms with Gasteiger partial charge in [-0.1, -0.05) is 0 Å². The summed E-state index contributed by atoms with van der Waals surface area (Å²) in [6.07, 6.45) is 2.08. The summed E-state index contributed by atoms with van der Waals surface area (Å²) < 4.78 is 22.5. The molecule has 88 valence electrons. The van der Waals surface area contributed by atoms with E-state index in [0.29, 0.717) is 18.1 Å². The molecule has 1 aromatic heterocycles. The van der Waals surface area contributed by atoms with Gasteiger partial charge in [-0.05, 0) is 6.42 Å². The van der Waals surface area contributed by atoms with Gasteiger partial charge in [-0.15, -0.1) is 0 Å². The Bertz CT molecular complexity index is 474. The highest BCUT2D eigenvalue weighted by Gasteiger charge is 2.27. The molecule has 1 fully saturated rings. The van der Waals surface area contributed by atoms with Crippen LogP contribution in [0.4, 0.5) is 11.6 Å². The maximum Gasteiger partial charge on any atom is 0.152 e. The lowest BCUT2D eigenvalue weighted by atomic mass is 10.2. The van der Waals surface area contributed by atoms with Crippen molar-refractivity contribution in [2.45, 2.75) is 12.5 Å². The molecular formula is C9H14N4O2S. The highest BCUT2D eigenvalue weighted by Crippen LogP contribution is 2.16. The number of nitrogens with zero attached hydrogens (tertiary/aromatic N) is 2. The second-order valence-electron chi connectivity index (χ2n) is 3.78. The van der Waals surface area contributed by atoms with E-state index in [-0.39, 0.29) is 17.5 Å². The Morgan fingerprint density at radius 3 is 2.75 bits per heavy atom. The Kier molecular flexibility index (Phi) is 2.95. The van der Waals surface area contributed by atoms with E-state index in [1.54, 1.807) is 13.1 Å². The molecule has 0 aliphatic carbocycles. The van der Waals surface area contributed by atoms with Crippen LogP contribution >= 0.6 is 0 Å². The monoisotopic (exact) mass is 242 g/mol. The zero-order valence-corrected chi connectivity index (χ0v) is 9.79. The lowest BCUT2D eigenvalue weighted by molar-refractivity contribution is 0.602. The summed E-state index contributed by atoms with van der Waals surface area (Å²) >= 11 is 0. The number of nitrogens with one attached hydrogen (secondary N) is 2. The van der Waals surface area contributed by atoms with E-state index in [4.69, 9.17) is 0 Å². The van der Waals surface area contributed by atoms with Crippen molar-refractivity contribution in [1.82, 2.24) is 9.97 Å². The molecule has 1 saturated heterocycles. The minimum atomic E-state index is -2.85. The van der Waals surface area contributed by atoms with E-state index in [9.17, 15) is 8.42 Å². The number of anilines is 2. The van der Waals surface area contributed by atoms with Crippen LogP contribution in [-0.2, 0) is 9.84 Å². The average molecular weight is 242 g/mol. The smallest absolute Gasteiger partial charge is 0.152 e. The second-order valence-corrected chi connectivity index (χ2v) is 6.01. The van der Waals surface area contributed by atoms with Crippen LogP contribution in [0.25, 0.3) is 0 Å². The van der Waals surface area contributed by atoms with E-state index < -0.39 is 9.84 Å². The molecule has 0 amide bonds. The molecule has 1 aliphatic rings. The summed E-state index contributed by atoms with van der Waals surface area (Å²) in [4.78, 5) is 8.02. The third kappa shape index (κ3) is 2.60. The average Bonchev–Trinajstić information content (AvgIpc) is 2.58. The summed E-state index contributed by atoms with van der Waals surface area (Å²) in [6, 6.07) is 1.72. The molecule has 0 bridgehead atoms. The third-order valence-electron chi connectivity index (χ3n) is 2.51. The fraction of sp³-hybridized carbons (Fsp3) is 0.556. The lowest BCUT2D eigenvalue weighted by Gasteiger charge is -2.11. The number of rotatable bonds is 3. The van der Waals surface area contributed by atoms with Crippen LogP contribution in [-0.4, -0.2) is 43.0 Å². The number of hydrogen-bond acceptors (Lipinski definition) is 6. The van der Waals surface area contributed by atoms with Gasteiger partial charge in [0.1, 0.15) is 18.0 Å². The van der Waals surface area contributed by atoms with Gasteiger partial charge in [0.15, 0.2) is 9.84 Å². The Morgan fingerprint density at radius 2 is 2.12 bits per heavy atom.